The highest BCUT2D eigenvalue weighted by Gasteiger charge is 2.37. The normalized spacial score (nSPS) is 18.0. The van der Waals surface area contributed by atoms with Crippen molar-refractivity contribution in [3.63, 3.8) is 0 Å². The van der Waals surface area contributed by atoms with Crippen LogP contribution in [0.25, 0.3) is 0 Å². The Balaban J connectivity index is 1.92. The summed E-state index contributed by atoms with van der Waals surface area (Å²) in [4.78, 5) is 25.8. The lowest BCUT2D eigenvalue weighted by Crippen LogP contribution is -2.40. The van der Waals surface area contributed by atoms with E-state index in [0.29, 0.717) is 19.3 Å². The number of carbonyl (C=O) groups is 2. The van der Waals surface area contributed by atoms with Crippen molar-refractivity contribution in [1.29, 1.82) is 0 Å². The Hall–Kier alpha value is -2.18. The fourth-order valence-corrected chi connectivity index (χ4v) is 2.83. The third-order valence-corrected chi connectivity index (χ3v) is 4.08. The summed E-state index contributed by atoms with van der Waals surface area (Å²) in [6.07, 6.45) is 2.94. The molecule has 0 aliphatic carbocycles. The highest BCUT2D eigenvalue weighted by Crippen LogP contribution is 2.20. The van der Waals surface area contributed by atoms with Gasteiger partial charge in [-0.1, -0.05) is 36.4 Å². The van der Waals surface area contributed by atoms with E-state index in [9.17, 15) is 9.59 Å². The Kier molecular flexibility index (Phi) is 7.63. The van der Waals surface area contributed by atoms with Gasteiger partial charge in [0, 0.05) is 13.5 Å². The summed E-state index contributed by atoms with van der Waals surface area (Å²) in [5.41, 5.74) is 1.07. The molecular weight excluding hydrogens is 322 g/mol. The number of cyclic esters (lactones) is 1. The molecule has 2 amide bonds. The van der Waals surface area contributed by atoms with E-state index in [1.165, 1.54) is 4.90 Å². The molecule has 0 bridgehead atoms. The topological polar surface area (TPSA) is 65.1 Å². The summed E-state index contributed by atoms with van der Waals surface area (Å²) < 4.78 is 15.5. The molecule has 1 aliphatic heterocycles. The van der Waals surface area contributed by atoms with E-state index in [-0.39, 0.29) is 37.9 Å². The van der Waals surface area contributed by atoms with E-state index in [1.54, 1.807) is 13.2 Å². The van der Waals surface area contributed by atoms with Crippen LogP contribution in [0.3, 0.4) is 0 Å². The van der Waals surface area contributed by atoms with Crippen LogP contribution in [0.1, 0.15) is 24.8 Å². The van der Waals surface area contributed by atoms with E-state index in [0.717, 1.165) is 5.56 Å². The Morgan fingerprint density at radius 2 is 2.20 bits per heavy atom. The molecule has 1 heterocycles. The van der Waals surface area contributed by atoms with Crippen LogP contribution >= 0.6 is 0 Å². The zero-order valence-electron chi connectivity index (χ0n) is 14.6. The maximum Gasteiger partial charge on any atom is 0.416 e. The molecule has 2 rings (SSSR count). The lowest BCUT2D eigenvalue weighted by atomic mass is 10.0. The van der Waals surface area contributed by atoms with Gasteiger partial charge < -0.3 is 14.2 Å². The third kappa shape index (κ3) is 5.69. The SMILES string of the molecule is C=CC[C@H](CCC(=O)N1C(=O)OC[C@H]1Cc1ccccc1)OCOC. The summed E-state index contributed by atoms with van der Waals surface area (Å²) in [6, 6.07) is 9.50. The van der Waals surface area contributed by atoms with Crippen LogP contribution in [-0.2, 0) is 25.4 Å². The van der Waals surface area contributed by atoms with Crippen molar-refractivity contribution < 1.29 is 23.8 Å². The zero-order chi connectivity index (χ0) is 18.1. The van der Waals surface area contributed by atoms with Gasteiger partial charge in [0.25, 0.3) is 0 Å². The number of ether oxygens (including phenoxy) is 3. The third-order valence-electron chi connectivity index (χ3n) is 4.08. The van der Waals surface area contributed by atoms with Crippen LogP contribution in [0, 0.1) is 0 Å². The fourth-order valence-electron chi connectivity index (χ4n) is 2.83. The molecule has 25 heavy (non-hydrogen) atoms. The molecule has 0 aromatic heterocycles. The van der Waals surface area contributed by atoms with Crippen LogP contribution in [-0.4, -0.2) is 49.6 Å². The number of carbonyl (C=O) groups excluding carboxylic acids is 2. The monoisotopic (exact) mass is 347 g/mol. The first-order chi connectivity index (χ1) is 12.2. The van der Waals surface area contributed by atoms with Crippen molar-refractivity contribution in [3.8, 4) is 0 Å². The summed E-state index contributed by atoms with van der Waals surface area (Å²) >= 11 is 0. The number of methoxy groups -OCH3 is 1. The fraction of sp³-hybridized carbons (Fsp3) is 0.474. The predicted molar refractivity (Wildman–Crippen MR) is 92.9 cm³/mol. The first-order valence-electron chi connectivity index (χ1n) is 8.40. The van der Waals surface area contributed by atoms with Gasteiger partial charge in [-0.3, -0.25) is 4.79 Å². The summed E-state index contributed by atoms with van der Waals surface area (Å²) in [5, 5.41) is 0. The average Bonchev–Trinajstić information content (AvgIpc) is 2.98. The van der Waals surface area contributed by atoms with Gasteiger partial charge >= 0.3 is 6.09 Å². The van der Waals surface area contributed by atoms with Crippen LogP contribution in [0.15, 0.2) is 43.0 Å². The molecular formula is C19H25NO5. The van der Waals surface area contributed by atoms with Crippen molar-refractivity contribution in [2.45, 2.75) is 37.8 Å². The Morgan fingerprint density at radius 3 is 2.88 bits per heavy atom. The molecule has 0 radical (unpaired) electrons. The van der Waals surface area contributed by atoms with Gasteiger partial charge in [0.2, 0.25) is 5.91 Å². The lowest BCUT2D eigenvalue weighted by Gasteiger charge is -2.21. The molecule has 0 spiro atoms. The Labute approximate surface area is 148 Å². The van der Waals surface area contributed by atoms with E-state index >= 15 is 0 Å². The second kappa shape index (κ2) is 9.96. The highest BCUT2D eigenvalue weighted by atomic mass is 16.7. The maximum atomic E-state index is 12.6. The second-order valence-corrected chi connectivity index (χ2v) is 5.94. The van der Waals surface area contributed by atoms with Crippen molar-refractivity contribution in [3.05, 3.63) is 48.6 Å². The Bertz CT molecular complexity index is 574. The second-order valence-electron chi connectivity index (χ2n) is 5.94. The first-order valence-corrected chi connectivity index (χ1v) is 8.40. The smallest absolute Gasteiger partial charge is 0.416 e. The van der Waals surface area contributed by atoms with Crippen molar-refractivity contribution >= 4 is 12.0 Å². The van der Waals surface area contributed by atoms with Crippen LogP contribution in [0.5, 0.6) is 0 Å². The van der Waals surface area contributed by atoms with Gasteiger partial charge in [0.05, 0.1) is 12.1 Å². The van der Waals surface area contributed by atoms with Crippen molar-refractivity contribution in [2.75, 3.05) is 20.5 Å². The van der Waals surface area contributed by atoms with Crippen molar-refractivity contribution in [1.82, 2.24) is 4.90 Å². The Morgan fingerprint density at radius 1 is 1.44 bits per heavy atom. The standard InChI is InChI=1S/C19H25NO5/c1-3-7-17(25-14-23-2)10-11-18(21)20-16(13-24-19(20)22)12-15-8-5-4-6-9-15/h3-6,8-9,16-17H,1,7,10-14H2,2H3/t16-,17-/m1/s1. The molecule has 6 heteroatoms. The molecule has 0 saturated carbocycles. The quantitative estimate of drug-likeness (QED) is 0.481. The molecule has 2 atom stereocenters. The average molecular weight is 347 g/mol. The molecule has 1 fully saturated rings. The minimum Gasteiger partial charge on any atom is -0.447 e. The van der Waals surface area contributed by atoms with Crippen LogP contribution in [0.4, 0.5) is 4.79 Å². The molecule has 1 aliphatic rings. The molecule has 0 N–H and O–H groups in total. The number of imide groups is 1. The molecule has 6 nitrogen and oxygen atoms in total. The van der Waals surface area contributed by atoms with E-state index in [1.807, 2.05) is 30.3 Å². The van der Waals surface area contributed by atoms with Gasteiger partial charge in [-0.2, -0.15) is 0 Å². The van der Waals surface area contributed by atoms with E-state index in [4.69, 9.17) is 14.2 Å². The number of benzene rings is 1. The van der Waals surface area contributed by atoms with E-state index < -0.39 is 6.09 Å². The van der Waals surface area contributed by atoms with Crippen LogP contribution < -0.4 is 0 Å². The lowest BCUT2D eigenvalue weighted by molar-refractivity contribution is -0.130. The zero-order valence-corrected chi connectivity index (χ0v) is 14.6. The van der Waals surface area contributed by atoms with Gasteiger partial charge in [0.1, 0.15) is 13.4 Å². The summed E-state index contributed by atoms with van der Waals surface area (Å²) in [6.45, 7) is 4.09. The molecule has 1 aromatic rings. The number of hydrogen-bond acceptors (Lipinski definition) is 5. The largest absolute Gasteiger partial charge is 0.447 e. The summed E-state index contributed by atoms with van der Waals surface area (Å²) in [7, 11) is 1.55. The maximum absolute atomic E-state index is 12.6. The van der Waals surface area contributed by atoms with Gasteiger partial charge in [-0.25, -0.2) is 9.69 Å². The molecule has 1 saturated heterocycles. The van der Waals surface area contributed by atoms with Gasteiger partial charge in [-0.05, 0) is 24.8 Å². The number of rotatable bonds is 10. The number of amides is 2. The molecule has 0 unspecified atom stereocenters. The van der Waals surface area contributed by atoms with Gasteiger partial charge in [0.15, 0.2) is 0 Å². The van der Waals surface area contributed by atoms with Crippen molar-refractivity contribution in [2.24, 2.45) is 0 Å². The first kappa shape index (κ1) is 19.1. The number of hydrogen-bond donors (Lipinski definition) is 0. The van der Waals surface area contributed by atoms with Gasteiger partial charge in [-0.15, -0.1) is 6.58 Å². The highest BCUT2D eigenvalue weighted by molar-refractivity contribution is 5.93. The van der Waals surface area contributed by atoms with Crippen LogP contribution in [0.2, 0.25) is 0 Å². The number of nitrogens with zero attached hydrogens (tertiary/aromatic N) is 1. The molecule has 136 valence electrons. The minimum absolute atomic E-state index is 0.160. The summed E-state index contributed by atoms with van der Waals surface area (Å²) in [5.74, 6) is -0.237. The van der Waals surface area contributed by atoms with E-state index in [2.05, 4.69) is 6.58 Å². The predicted octanol–water partition coefficient (Wildman–Crippen LogP) is 2.92. The minimum atomic E-state index is -0.566. The molecule has 1 aromatic carbocycles.